The largest absolute Gasteiger partial charge is 0.345 e. The number of rotatable bonds is 6. The van der Waals surface area contributed by atoms with E-state index in [2.05, 4.69) is 10.6 Å². The van der Waals surface area contributed by atoms with Crippen LogP contribution in [0.1, 0.15) is 44.2 Å². The lowest BCUT2D eigenvalue weighted by Crippen LogP contribution is -2.50. The molecule has 0 heterocycles. The number of carbonyl (C=O) groups is 3. The summed E-state index contributed by atoms with van der Waals surface area (Å²) < 4.78 is 0. The number of Topliss-reactive ketones (excluding diaryl/α,β-unsaturated/α-hetero) is 1. The Bertz CT molecular complexity index is 845. The molecule has 0 aromatic heterocycles. The van der Waals surface area contributed by atoms with Gasteiger partial charge in [-0.15, -0.1) is 0 Å². The summed E-state index contributed by atoms with van der Waals surface area (Å²) in [6, 6.07) is 14.4. The molecule has 5 heteroatoms. The van der Waals surface area contributed by atoms with E-state index in [4.69, 9.17) is 0 Å². The van der Waals surface area contributed by atoms with E-state index in [9.17, 15) is 14.4 Å². The summed E-state index contributed by atoms with van der Waals surface area (Å²) in [5, 5.41) is 5.46. The highest BCUT2D eigenvalue weighted by atomic mass is 16.2. The monoisotopic (exact) mass is 364 g/mol. The van der Waals surface area contributed by atoms with Crippen LogP contribution in [-0.4, -0.2) is 29.7 Å². The van der Waals surface area contributed by atoms with Crippen molar-refractivity contribution in [2.75, 3.05) is 0 Å². The van der Waals surface area contributed by atoms with Crippen molar-refractivity contribution in [3.8, 4) is 11.1 Å². The lowest BCUT2D eigenvalue weighted by atomic mass is 9.96. The van der Waals surface area contributed by atoms with Crippen LogP contribution in [0.25, 0.3) is 11.1 Å². The van der Waals surface area contributed by atoms with Gasteiger partial charge in [0.25, 0.3) is 0 Å². The molecule has 0 radical (unpaired) electrons. The SMILES string of the molecule is CCC(=O)C(C)NC(=O)C(C)NC(=O)C1c2ccccc2-c2ccccc21. The van der Waals surface area contributed by atoms with E-state index in [0.29, 0.717) is 6.42 Å². The number of carbonyl (C=O) groups excluding carboxylic acids is 3. The predicted molar refractivity (Wildman–Crippen MR) is 104 cm³/mol. The second-order valence-electron chi connectivity index (χ2n) is 6.89. The highest BCUT2D eigenvalue weighted by molar-refractivity contribution is 5.98. The summed E-state index contributed by atoms with van der Waals surface area (Å²) in [6.07, 6.45) is 0.359. The first-order valence-corrected chi connectivity index (χ1v) is 9.25. The molecule has 27 heavy (non-hydrogen) atoms. The first-order chi connectivity index (χ1) is 12.9. The Kier molecular flexibility index (Phi) is 5.40. The van der Waals surface area contributed by atoms with Crippen molar-refractivity contribution in [3.05, 3.63) is 59.7 Å². The zero-order chi connectivity index (χ0) is 19.6. The zero-order valence-corrected chi connectivity index (χ0v) is 15.8. The van der Waals surface area contributed by atoms with Gasteiger partial charge in [0.1, 0.15) is 6.04 Å². The van der Waals surface area contributed by atoms with Gasteiger partial charge in [-0.25, -0.2) is 0 Å². The van der Waals surface area contributed by atoms with E-state index in [1.54, 1.807) is 20.8 Å². The van der Waals surface area contributed by atoms with Crippen molar-refractivity contribution in [1.82, 2.24) is 10.6 Å². The minimum atomic E-state index is -0.732. The van der Waals surface area contributed by atoms with Gasteiger partial charge >= 0.3 is 0 Å². The van der Waals surface area contributed by atoms with Gasteiger partial charge in [-0.2, -0.15) is 0 Å². The standard InChI is InChI=1S/C22H24N2O3/c1-4-19(25)13(2)23-21(26)14(3)24-22(27)20-17-11-7-5-9-15(17)16-10-6-8-12-18(16)20/h5-14,20H,4H2,1-3H3,(H,23,26)(H,24,27). The first kappa shape index (κ1) is 18.8. The summed E-state index contributed by atoms with van der Waals surface area (Å²) in [7, 11) is 0. The van der Waals surface area contributed by atoms with E-state index in [1.165, 1.54) is 0 Å². The molecule has 2 aromatic rings. The van der Waals surface area contributed by atoms with Gasteiger partial charge in [-0.3, -0.25) is 14.4 Å². The molecule has 2 unspecified atom stereocenters. The number of ketones is 1. The Balaban J connectivity index is 1.76. The van der Waals surface area contributed by atoms with Crippen LogP contribution in [0.4, 0.5) is 0 Å². The van der Waals surface area contributed by atoms with Crippen LogP contribution >= 0.6 is 0 Å². The lowest BCUT2D eigenvalue weighted by Gasteiger charge is -2.20. The topological polar surface area (TPSA) is 75.3 Å². The molecule has 3 rings (SSSR count). The molecule has 0 saturated heterocycles. The highest BCUT2D eigenvalue weighted by Crippen LogP contribution is 2.44. The van der Waals surface area contributed by atoms with Gasteiger partial charge in [0.15, 0.2) is 5.78 Å². The number of amides is 2. The zero-order valence-electron chi connectivity index (χ0n) is 15.8. The molecule has 0 bridgehead atoms. The van der Waals surface area contributed by atoms with Crippen LogP contribution < -0.4 is 10.6 Å². The minimum absolute atomic E-state index is 0.0412. The Morgan fingerprint density at radius 3 is 1.89 bits per heavy atom. The molecule has 0 saturated carbocycles. The average Bonchev–Trinajstić information content (AvgIpc) is 3.01. The van der Waals surface area contributed by atoms with Crippen LogP contribution in [0.3, 0.4) is 0 Å². The molecule has 0 spiro atoms. The smallest absolute Gasteiger partial charge is 0.242 e. The van der Waals surface area contributed by atoms with Crippen LogP contribution in [0, 0.1) is 0 Å². The maximum Gasteiger partial charge on any atom is 0.242 e. The van der Waals surface area contributed by atoms with Crippen molar-refractivity contribution in [3.63, 3.8) is 0 Å². The molecular weight excluding hydrogens is 340 g/mol. The molecule has 2 aromatic carbocycles. The van der Waals surface area contributed by atoms with Crippen molar-refractivity contribution in [2.45, 2.75) is 45.2 Å². The molecular formula is C22H24N2O3. The number of benzene rings is 2. The fourth-order valence-electron chi connectivity index (χ4n) is 3.53. The summed E-state index contributed by atoms with van der Waals surface area (Å²) in [5.41, 5.74) is 3.98. The van der Waals surface area contributed by atoms with Crippen molar-refractivity contribution >= 4 is 17.6 Å². The van der Waals surface area contributed by atoms with Crippen LogP contribution in [-0.2, 0) is 14.4 Å². The van der Waals surface area contributed by atoms with Gasteiger partial charge in [0.05, 0.1) is 12.0 Å². The molecule has 2 atom stereocenters. The summed E-state index contributed by atoms with van der Waals surface area (Å²) in [5.74, 6) is -1.07. The predicted octanol–water partition coefficient (Wildman–Crippen LogP) is 2.79. The number of hydrogen-bond donors (Lipinski definition) is 2. The third-order valence-electron chi connectivity index (χ3n) is 5.04. The highest BCUT2D eigenvalue weighted by Gasteiger charge is 2.34. The third-order valence-corrected chi connectivity index (χ3v) is 5.04. The average molecular weight is 364 g/mol. The number of fused-ring (bicyclic) bond motifs is 3. The normalized spacial score (nSPS) is 14.6. The quantitative estimate of drug-likeness (QED) is 0.828. The summed E-state index contributed by atoms with van der Waals surface area (Å²) >= 11 is 0. The molecule has 1 aliphatic carbocycles. The van der Waals surface area contributed by atoms with Gasteiger partial charge in [-0.05, 0) is 36.1 Å². The maximum absolute atomic E-state index is 13.0. The Morgan fingerprint density at radius 1 is 0.852 bits per heavy atom. The maximum atomic E-state index is 13.0. The lowest BCUT2D eigenvalue weighted by molar-refractivity contribution is -0.131. The van der Waals surface area contributed by atoms with Crippen molar-refractivity contribution in [1.29, 1.82) is 0 Å². The second-order valence-corrected chi connectivity index (χ2v) is 6.89. The fourth-order valence-corrected chi connectivity index (χ4v) is 3.53. The summed E-state index contributed by atoms with van der Waals surface area (Å²) in [4.78, 5) is 37.0. The molecule has 5 nitrogen and oxygen atoms in total. The Morgan fingerprint density at radius 2 is 1.37 bits per heavy atom. The van der Waals surface area contributed by atoms with Crippen molar-refractivity contribution in [2.24, 2.45) is 0 Å². The Labute approximate surface area is 159 Å². The second kappa shape index (κ2) is 7.74. The van der Waals surface area contributed by atoms with Gasteiger partial charge in [-0.1, -0.05) is 55.5 Å². The molecule has 0 aliphatic heterocycles. The van der Waals surface area contributed by atoms with Gasteiger partial charge in [0.2, 0.25) is 11.8 Å². The fraction of sp³-hybridized carbons (Fsp3) is 0.318. The summed E-state index contributed by atoms with van der Waals surface area (Å²) in [6.45, 7) is 5.04. The first-order valence-electron chi connectivity index (χ1n) is 9.25. The van der Waals surface area contributed by atoms with E-state index < -0.39 is 18.0 Å². The van der Waals surface area contributed by atoms with Crippen LogP contribution in [0.2, 0.25) is 0 Å². The molecule has 1 aliphatic rings. The van der Waals surface area contributed by atoms with E-state index in [-0.39, 0.29) is 17.6 Å². The minimum Gasteiger partial charge on any atom is -0.345 e. The van der Waals surface area contributed by atoms with Gasteiger partial charge < -0.3 is 10.6 Å². The van der Waals surface area contributed by atoms with E-state index >= 15 is 0 Å². The van der Waals surface area contributed by atoms with Crippen LogP contribution in [0.5, 0.6) is 0 Å². The number of nitrogens with one attached hydrogen (secondary N) is 2. The molecule has 2 amide bonds. The van der Waals surface area contributed by atoms with Crippen LogP contribution in [0.15, 0.2) is 48.5 Å². The van der Waals surface area contributed by atoms with E-state index in [1.807, 2.05) is 48.5 Å². The van der Waals surface area contributed by atoms with Gasteiger partial charge in [0, 0.05) is 6.42 Å². The van der Waals surface area contributed by atoms with Crippen molar-refractivity contribution < 1.29 is 14.4 Å². The Hall–Kier alpha value is -2.95. The molecule has 0 fully saturated rings. The number of hydrogen-bond acceptors (Lipinski definition) is 3. The van der Waals surface area contributed by atoms with E-state index in [0.717, 1.165) is 22.3 Å². The molecule has 140 valence electrons. The third kappa shape index (κ3) is 3.63. The molecule has 2 N–H and O–H groups in total.